The highest BCUT2D eigenvalue weighted by molar-refractivity contribution is 5.42. The van der Waals surface area contributed by atoms with Gasteiger partial charge >= 0.3 is 0 Å². The Morgan fingerprint density at radius 1 is 1.17 bits per heavy atom. The van der Waals surface area contributed by atoms with Crippen molar-refractivity contribution < 1.29 is 5.11 Å². The molecule has 1 aromatic rings. The van der Waals surface area contributed by atoms with Gasteiger partial charge in [-0.05, 0) is 37.0 Å². The third-order valence-electron chi connectivity index (χ3n) is 2.09. The lowest BCUT2D eigenvalue weighted by Gasteiger charge is -2.06. The molecule has 1 nitrogen and oxygen atoms in total. The molecule has 0 amide bonds. The zero-order valence-electron chi connectivity index (χ0n) is 8.02. The van der Waals surface area contributed by atoms with Gasteiger partial charge in [-0.15, -0.1) is 0 Å². The second kappa shape index (κ2) is 3.61. The smallest absolute Gasteiger partial charge is 0.121 e. The van der Waals surface area contributed by atoms with E-state index in [0.717, 1.165) is 24.0 Å². The van der Waals surface area contributed by atoms with Crippen molar-refractivity contribution in [3.8, 4) is 5.75 Å². The van der Waals surface area contributed by atoms with Gasteiger partial charge in [0.1, 0.15) is 5.75 Å². The number of hydrogen-bond donors (Lipinski definition) is 1. The number of phenolic OH excluding ortho intramolecular Hbond substituents is 1. The molecule has 0 saturated heterocycles. The number of aromatic hydroxyl groups is 1. The second-order valence-corrected chi connectivity index (χ2v) is 3.33. The number of hydrogen-bond acceptors (Lipinski definition) is 1. The van der Waals surface area contributed by atoms with Crippen molar-refractivity contribution in [3.05, 3.63) is 28.8 Å². The summed E-state index contributed by atoms with van der Waals surface area (Å²) in [5.74, 6) is 0.440. The predicted molar refractivity (Wildman–Crippen MR) is 51.6 cm³/mol. The van der Waals surface area contributed by atoms with Gasteiger partial charge in [0.05, 0.1) is 0 Å². The molecule has 0 aromatic heterocycles. The van der Waals surface area contributed by atoms with E-state index in [1.807, 2.05) is 13.8 Å². The Labute approximate surface area is 74.1 Å². The van der Waals surface area contributed by atoms with E-state index in [4.69, 9.17) is 0 Å². The highest BCUT2D eigenvalue weighted by atomic mass is 16.3. The molecule has 66 valence electrons. The average molecular weight is 164 g/mol. The van der Waals surface area contributed by atoms with Crippen LogP contribution in [0.25, 0.3) is 0 Å². The minimum absolute atomic E-state index is 0.440. The van der Waals surface area contributed by atoms with Crippen LogP contribution in [0, 0.1) is 13.8 Å². The van der Waals surface area contributed by atoms with E-state index in [2.05, 4.69) is 19.1 Å². The molecule has 0 aliphatic rings. The van der Waals surface area contributed by atoms with Gasteiger partial charge in [0, 0.05) is 0 Å². The van der Waals surface area contributed by atoms with Crippen molar-refractivity contribution in [3.63, 3.8) is 0 Å². The summed E-state index contributed by atoms with van der Waals surface area (Å²) in [6.45, 7) is 6.06. The summed E-state index contributed by atoms with van der Waals surface area (Å²) < 4.78 is 0. The molecule has 0 bridgehead atoms. The third-order valence-corrected chi connectivity index (χ3v) is 2.09. The highest BCUT2D eigenvalue weighted by Gasteiger charge is 2.01. The van der Waals surface area contributed by atoms with Crippen LogP contribution in [0.2, 0.25) is 0 Å². The van der Waals surface area contributed by atoms with Crippen LogP contribution in [0.5, 0.6) is 5.75 Å². The Bertz CT molecular complexity index is 253. The average Bonchev–Trinajstić information content (AvgIpc) is 2.01. The van der Waals surface area contributed by atoms with Crippen LogP contribution in [-0.4, -0.2) is 5.11 Å². The zero-order chi connectivity index (χ0) is 9.14. The van der Waals surface area contributed by atoms with Crippen LogP contribution in [-0.2, 0) is 6.42 Å². The van der Waals surface area contributed by atoms with Crippen molar-refractivity contribution in [1.29, 1.82) is 0 Å². The fourth-order valence-corrected chi connectivity index (χ4v) is 1.48. The summed E-state index contributed by atoms with van der Waals surface area (Å²) in [5, 5.41) is 9.50. The van der Waals surface area contributed by atoms with Crippen LogP contribution in [0.3, 0.4) is 0 Å². The topological polar surface area (TPSA) is 20.2 Å². The van der Waals surface area contributed by atoms with Crippen LogP contribution in [0.4, 0.5) is 0 Å². The molecule has 0 aliphatic heterocycles. The van der Waals surface area contributed by atoms with Crippen LogP contribution in [0.1, 0.15) is 30.0 Å². The van der Waals surface area contributed by atoms with Crippen molar-refractivity contribution in [2.45, 2.75) is 33.6 Å². The molecule has 0 saturated carbocycles. The van der Waals surface area contributed by atoms with E-state index in [0.29, 0.717) is 5.75 Å². The van der Waals surface area contributed by atoms with E-state index in [1.54, 1.807) is 0 Å². The molecule has 1 aromatic carbocycles. The largest absolute Gasteiger partial charge is 0.507 e. The quantitative estimate of drug-likeness (QED) is 0.712. The summed E-state index contributed by atoms with van der Waals surface area (Å²) in [5.41, 5.74) is 3.29. The maximum atomic E-state index is 9.50. The van der Waals surface area contributed by atoms with Crippen molar-refractivity contribution >= 4 is 0 Å². The summed E-state index contributed by atoms with van der Waals surface area (Å²) in [4.78, 5) is 0. The number of rotatable bonds is 2. The number of benzene rings is 1. The summed E-state index contributed by atoms with van der Waals surface area (Å²) in [6.07, 6.45) is 2.26. The first-order chi connectivity index (χ1) is 5.65. The van der Waals surface area contributed by atoms with Crippen LogP contribution >= 0.6 is 0 Å². The van der Waals surface area contributed by atoms with E-state index in [1.165, 1.54) is 5.56 Å². The predicted octanol–water partition coefficient (Wildman–Crippen LogP) is 2.96. The lowest BCUT2D eigenvalue weighted by molar-refractivity contribution is 0.466. The van der Waals surface area contributed by atoms with Crippen LogP contribution < -0.4 is 0 Å². The summed E-state index contributed by atoms with van der Waals surface area (Å²) >= 11 is 0. The molecule has 1 N–H and O–H groups in total. The second-order valence-electron chi connectivity index (χ2n) is 3.33. The first kappa shape index (κ1) is 9.11. The van der Waals surface area contributed by atoms with Gasteiger partial charge in [-0.25, -0.2) is 0 Å². The molecule has 0 aliphatic carbocycles. The first-order valence-corrected chi connectivity index (χ1v) is 4.44. The highest BCUT2D eigenvalue weighted by Crippen LogP contribution is 2.23. The summed E-state index contributed by atoms with van der Waals surface area (Å²) in [7, 11) is 0. The van der Waals surface area contributed by atoms with Crippen LogP contribution in [0.15, 0.2) is 12.1 Å². The molecule has 0 radical (unpaired) electrons. The van der Waals surface area contributed by atoms with Gasteiger partial charge in [-0.2, -0.15) is 0 Å². The normalized spacial score (nSPS) is 10.2. The maximum Gasteiger partial charge on any atom is 0.121 e. The molecule has 12 heavy (non-hydrogen) atoms. The van der Waals surface area contributed by atoms with E-state index in [-0.39, 0.29) is 0 Å². The third kappa shape index (κ3) is 1.79. The number of aryl methyl sites for hydroxylation is 3. The fourth-order valence-electron chi connectivity index (χ4n) is 1.48. The zero-order valence-corrected chi connectivity index (χ0v) is 8.02. The Morgan fingerprint density at radius 3 is 2.08 bits per heavy atom. The van der Waals surface area contributed by atoms with Gasteiger partial charge in [0.2, 0.25) is 0 Å². The number of phenols is 1. The monoisotopic (exact) mass is 164 g/mol. The molecule has 0 fully saturated rings. The first-order valence-electron chi connectivity index (χ1n) is 4.44. The molecule has 0 unspecified atom stereocenters. The van der Waals surface area contributed by atoms with Gasteiger partial charge in [0.15, 0.2) is 0 Å². The molecule has 0 atom stereocenters. The standard InChI is InChI=1S/C11H16O/c1-4-5-10-6-8(2)11(12)9(3)7-10/h6-7,12H,4-5H2,1-3H3. The molecule has 1 heteroatoms. The van der Waals surface area contributed by atoms with Gasteiger partial charge in [-0.3, -0.25) is 0 Å². The molecular formula is C11H16O. The molecule has 0 spiro atoms. The lowest BCUT2D eigenvalue weighted by Crippen LogP contribution is -1.87. The summed E-state index contributed by atoms with van der Waals surface area (Å²) in [6, 6.07) is 4.12. The van der Waals surface area contributed by atoms with E-state index >= 15 is 0 Å². The molecule has 0 heterocycles. The molecular weight excluding hydrogens is 148 g/mol. The molecule has 1 rings (SSSR count). The van der Waals surface area contributed by atoms with Crippen molar-refractivity contribution in [1.82, 2.24) is 0 Å². The minimum Gasteiger partial charge on any atom is -0.507 e. The fraction of sp³-hybridized carbons (Fsp3) is 0.455. The van der Waals surface area contributed by atoms with E-state index < -0.39 is 0 Å². The van der Waals surface area contributed by atoms with Gasteiger partial charge in [-0.1, -0.05) is 25.5 Å². The Hall–Kier alpha value is -0.980. The maximum absolute atomic E-state index is 9.50. The SMILES string of the molecule is CCCc1cc(C)c(O)c(C)c1. The minimum atomic E-state index is 0.440. The van der Waals surface area contributed by atoms with Gasteiger partial charge in [0.25, 0.3) is 0 Å². The van der Waals surface area contributed by atoms with Crippen molar-refractivity contribution in [2.24, 2.45) is 0 Å². The van der Waals surface area contributed by atoms with Gasteiger partial charge < -0.3 is 5.11 Å². The van der Waals surface area contributed by atoms with E-state index in [9.17, 15) is 5.11 Å². The Kier molecular flexibility index (Phi) is 2.74. The van der Waals surface area contributed by atoms with Crippen molar-refractivity contribution in [2.75, 3.05) is 0 Å². The lowest BCUT2D eigenvalue weighted by atomic mass is 10.0. The Morgan fingerprint density at radius 2 is 1.67 bits per heavy atom. The Balaban J connectivity index is 3.04.